The Morgan fingerprint density at radius 1 is 1.21 bits per heavy atom. The molecule has 0 aliphatic carbocycles. The van der Waals surface area contributed by atoms with Crippen molar-refractivity contribution in [3.63, 3.8) is 0 Å². The zero-order valence-corrected chi connectivity index (χ0v) is 12.7. The second-order valence-corrected chi connectivity index (χ2v) is 5.46. The minimum atomic E-state index is -0.450. The second-order valence-electron chi connectivity index (χ2n) is 3.79. The highest BCUT2D eigenvalue weighted by Gasteiger charge is 2.10. The molecule has 2 N–H and O–H groups in total. The van der Waals surface area contributed by atoms with E-state index in [1.165, 1.54) is 12.1 Å². The Morgan fingerprint density at radius 2 is 1.84 bits per heavy atom. The molecule has 2 aromatic rings. The minimum absolute atomic E-state index is 0.115. The van der Waals surface area contributed by atoms with E-state index in [1.54, 1.807) is 18.2 Å². The zero-order chi connectivity index (χ0) is 14.0. The quantitative estimate of drug-likeness (QED) is 0.773. The van der Waals surface area contributed by atoms with Gasteiger partial charge in [0.1, 0.15) is 18.2 Å². The lowest BCUT2D eigenvalue weighted by Gasteiger charge is -2.11. The number of ether oxygens (including phenoxy) is 1. The third-order valence-electron chi connectivity index (χ3n) is 2.49. The third kappa shape index (κ3) is 3.32. The van der Waals surface area contributed by atoms with Crippen LogP contribution < -0.4 is 10.5 Å². The van der Waals surface area contributed by atoms with Gasteiger partial charge in [-0.25, -0.2) is 4.39 Å². The number of benzene rings is 2. The van der Waals surface area contributed by atoms with Gasteiger partial charge >= 0.3 is 0 Å². The van der Waals surface area contributed by atoms with Crippen LogP contribution in [0.1, 0.15) is 5.56 Å². The third-order valence-corrected chi connectivity index (χ3v) is 3.80. The van der Waals surface area contributed by atoms with Crippen LogP contribution in [0, 0.1) is 5.82 Å². The summed E-state index contributed by atoms with van der Waals surface area (Å²) in [7, 11) is 0. The van der Waals surface area contributed by atoms with E-state index < -0.39 is 5.82 Å². The molecule has 0 unspecified atom stereocenters. The van der Waals surface area contributed by atoms with Gasteiger partial charge < -0.3 is 10.5 Å². The average Bonchev–Trinajstić information content (AvgIpc) is 2.34. The molecule has 0 amide bonds. The summed E-state index contributed by atoms with van der Waals surface area (Å²) in [6.45, 7) is 0.115. The van der Waals surface area contributed by atoms with Gasteiger partial charge in [0.05, 0.1) is 10.2 Å². The highest BCUT2D eigenvalue weighted by Crippen LogP contribution is 2.31. The number of hydrogen-bond acceptors (Lipinski definition) is 2. The molecule has 0 aromatic heterocycles. The standard InChI is InChI=1S/C13H9BrCl2FNO/c14-8-4-12(18)13(5-11(8)17)19-6-7-9(15)2-1-3-10(7)16/h1-5H,6,18H2. The van der Waals surface area contributed by atoms with Crippen LogP contribution in [0.4, 0.5) is 10.1 Å². The fourth-order valence-corrected chi connectivity index (χ4v) is 2.36. The summed E-state index contributed by atoms with van der Waals surface area (Å²) >= 11 is 15.1. The van der Waals surface area contributed by atoms with Crippen molar-refractivity contribution in [1.29, 1.82) is 0 Å². The molecular weight excluding hydrogens is 356 g/mol. The molecule has 100 valence electrons. The number of nitrogens with two attached hydrogens (primary N) is 1. The number of rotatable bonds is 3. The topological polar surface area (TPSA) is 35.2 Å². The molecule has 0 bridgehead atoms. The monoisotopic (exact) mass is 363 g/mol. The molecule has 2 rings (SSSR count). The lowest BCUT2D eigenvalue weighted by atomic mass is 10.2. The first kappa shape index (κ1) is 14.4. The SMILES string of the molecule is Nc1cc(Br)c(F)cc1OCc1c(Cl)cccc1Cl. The normalized spacial score (nSPS) is 10.5. The Hall–Kier alpha value is -0.970. The summed E-state index contributed by atoms with van der Waals surface area (Å²) in [5.74, 6) is -0.203. The van der Waals surface area contributed by atoms with Gasteiger partial charge in [0.25, 0.3) is 0 Å². The molecule has 2 nitrogen and oxygen atoms in total. The van der Waals surface area contributed by atoms with Crippen LogP contribution in [0.25, 0.3) is 0 Å². The Kier molecular flexibility index (Phi) is 4.55. The molecule has 0 spiro atoms. The molecule has 0 radical (unpaired) electrons. The summed E-state index contributed by atoms with van der Waals surface area (Å²) in [6, 6.07) is 7.81. The van der Waals surface area contributed by atoms with Gasteiger partial charge in [0.15, 0.2) is 0 Å². The molecule has 6 heteroatoms. The van der Waals surface area contributed by atoms with E-state index in [2.05, 4.69) is 15.9 Å². The van der Waals surface area contributed by atoms with E-state index in [-0.39, 0.29) is 16.8 Å². The molecule has 19 heavy (non-hydrogen) atoms. The molecule has 2 aromatic carbocycles. The second kappa shape index (κ2) is 5.99. The van der Waals surface area contributed by atoms with Crippen molar-refractivity contribution in [2.24, 2.45) is 0 Å². The summed E-state index contributed by atoms with van der Waals surface area (Å²) in [5.41, 5.74) is 6.71. The van der Waals surface area contributed by atoms with Crippen LogP contribution in [-0.2, 0) is 6.61 Å². The largest absolute Gasteiger partial charge is 0.487 e. The molecular formula is C13H9BrCl2FNO. The summed E-state index contributed by atoms with van der Waals surface area (Å²) in [5, 5.41) is 0.979. The Balaban J connectivity index is 2.22. The van der Waals surface area contributed by atoms with Crippen LogP contribution in [0.2, 0.25) is 10.0 Å². The fourth-order valence-electron chi connectivity index (χ4n) is 1.49. The molecule has 0 fully saturated rings. The van der Waals surface area contributed by atoms with Gasteiger partial charge in [-0.15, -0.1) is 0 Å². The van der Waals surface area contributed by atoms with Gasteiger partial charge in [0.2, 0.25) is 0 Å². The molecule has 0 aliphatic heterocycles. The van der Waals surface area contributed by atoms with Gasteiger partial charge in [-0.2, -0.15) is 0 Å². The van der Waals surface area contributed by atoms with E-state index in [9.17, 15) is 4.39 Å². The van der Waals surface area contributed by atoms with Crippen molar-refractivity contribution < 1.29 is 9.13 Å². The molecule has 0 heterocycles. The Labute approximate surface area is 128 Å². The van der Waals surface area contributed by atoms with Crippen molar-refractivity contribution in [3.8, 4) is 5.75 Å². The average molecular weight is 365 g/mol. The van der Waals surface area contributed by atoms with Crippen LogP contribution in [-0.4, -0.2) is 0 Å². The summed E-state index contributed by atoms with van der Waals surface area (Å²) in [4.78, 5) is 0. The van der Waals surface area contributed by atoms with Crippen LogP contribution in [0.15, 0.2) is 34.8 Å². The van der Waals surface area contributed by atoms with E-state index >= 15 is 0 Å². The van der Waals surface area contributed by atoms with Crippen molar-refractivity contribution in [1.82, 2.24) is 0 Å². The molecule has 0 atom stereocenters. The Bertz CT molecular complexity index is 602. The maximum absolute atomic E-state index is 13.4. The van der Waals surface area contributed by atoms with Gasteiger partial charge in [-0.3, -0.25) is 0 Å². The highest BCUT2D eigenvalue weighted by atomic mass is 79.9. The summed E-state index contributed by atoms with van der Waals surface area (Å²) < 4.78 is 19.2. The van der Waals surface area contributed by atoms with Crippen molar-refractivity contribution in [2.75, 3.05) is 5.73 Å². The van der Waals surface area contributed by atoms with E-state index in [1.807, 2.05) is 0 Å². The van der Waals surface area contributed by atoms with Gasteiger partial charge in [-0.1, -0.05) is 29.3 Å². The molecule has 0 saturated carbocycles. The van der Waals surface area contributed by atoms with Gasteiger partial charge in [-0.05, 0) is 34.1 Å². The number of nitrogen functional groups attached to an aromatic ring is 1. The molecule has 0 saturated heterocycles. The number of halogens is 4. The van der Waals surface area contributed by atoms with Crippen LogP contribution >= 0.6 is 39.1 Å². The molecule has 0 aliphatic rings. The van der Waals surface area contributed by atoms with Crippen molar-refractivity contribution in [2.45, 2.75) is 6.61 Å². The fraction of sp³-hybridized carbons (Fsp3) is 0.0769. The lowest BCUT2D eigenvalue weighted by Crippen LogP contribution is -2.01. The van der Waals surface area contributed by atoms with E-state index in [0.29, 0.717) is 21.3 Å². The highest BCUT2D eigenvalue weighted by molar-refractivity contribution is 9.10. The zero-order valence-electron chi connectivity index (χ0n) is 9.59. The van der Waals surface area contributed by atoms with Crippen LogP contribution in [0.5, 0.6) is 5.75 Å². The van der Waals surface area contributed by atoms with Crippen molar-refractivity contribution in [3.05, 3.63) is 56.2 Å². The maximum Gasteiger partial charge on any atom is 0.145 e. The number of hydrogen-bond donors (Lipinski definition) is 1. The first-order valence-electron chi connectivity index (χ1n) is 5.29. The van der Waals surface area contributed by atoms with Crippen molar-refractivity contribution >= 4 is 44.8 Å². The Morgan fingerprint density at radius 3 is 2.47 bits per heavy atom. The predicted molar refractivity (Wildman–Crippen MR) is 79.3 cm³/mol. The van der Waals surface area contributed by atoms with E-state index in [4.69, 9.17) is 33.7 Å². The smallest absolute Gasteiger partial charge is 0.145 e. The lowest BCUT2D eigenvalue weighted by molar-refractivity contribution is 0.306. The van der Waals surface area contributed by atoms with Gasteiger partial charge in [0, 0.05) is 21.7 Å². The number of anilines is 1. The maximum atomic E-state index is 13.4. The van der Waals surface area contributed by atoms with E-state index in [0.717, 1.165) is 0 Å². The van der Waals surface area contributed by atoms with Crippen LogP contribution in [0.3, 0.4) is 0 Å². The summed E-state index contributed by atoms with van der Waals surface area (Å²) in [6.07, 6.45) is 0. The minimum Gasteiger partial charge on any atom is -0.487 e. The predicted octanol–water partition coefficient (Wildman–Crippen LogP) is 5.06. The first-order valence-corrected chi connectivity index (χ1v) is 6.84. The first-order chi connectivity index (χ1) is 8.99.